The molecular formula is C13H16ClF2NO2S. The van der Waals surface area contributed by atoms with Gasteiger partial charge in [0.1, 0.15) is 4.90 Å². The maximum Gasteiger partial charge on any atom is 0.246 e. The van der Waals surface area contributed by atoms with E-state index < -0.39 is 26.6 Å². The van der Waals surface area contributed by atoms with E-state index in [1.165, 1.54) is 7.05 Å². The Kier molecular flexibility index (Phi) is 4.66. The zero-order valence-corrected chi connectivity index (χ0v) is 12.6. The Morgan fingerprint density at radius 1 is 1.30 bits per heavy atom. The lowest BCUT2D eigenvalue weighted by molar-refractivity contribution is 0.369. The maximum atomic E-state index is 13.8. The molecule has 0 radical (unpaired) electrons. The Hall–Kier alpha value is -0.720. The third-order valence-electron chi connectivity index (χ3n) is 3.70. The topological polar surface area (TPSA) is 37.4 Å². The number of sulfonamides is 1. The lowest BCUT2D eigenvalue weighted by atomic mass is 10.2. The van der Waals surface area contributed by atoms with Gasteiger partial charge in [0.2, 0.25) is 10.0 Å². The van der Waals surface area contributed by atoms with Gasteiger partial charge < -0.3 is 0 Å². The molecule has 20 heavy (non-hydrogen) atoms. The summed E-state index contributed by atoms with van der Waals surface area (Å²) < 4.78 is 53.3. The number of benzene rings is 1. The molecule has 3 nitrogen and oxygen atoms in total. The fraction of sp³-hybridized carbons (Fsp3) is 0.538. The molecule has 0 heterocycles. The summed E-state index contributed by atoms with van der Waals surface area (Å²) in [6, 6.07) is 1.87. The fourth-order valence-electron chi connectivity index (χ4n) is 2.50. The van der Waals surface area contributed by atoms with Crippen LogP contribution >= 0.6 is 11.6 Å². The molecule has 112 valence electrons. The van der Waals surface area contributed by atoms with Crippen molar-refractivity contribution in [3.63, 3.8) is 0 Å². The molecule has 1 aromatic carbocycles. The summed E-state index contributed by atoms with van der Waals surface area (Å²) in [5.41, 5.74) is 0.240. The second-order valence-corrected chi connectivity index (χ2v) is 7.22. The number of hydrogen-bond acceptors (Lipinski definition) is 2. The van der Waals surface area contributed by atoms with Gasteiger partial charge in [0.15, 0.2) is 11.6 Å². The van der Waals surface area contributed by atoms with Crippen LogP contribution in [0.5, 0.6) is 0 Å². The number of halogens is 3. The van der Waals surface area contributed by atoms with Gasteiger partial charge in [0.25, 0.3) is 0 Å². The van der Waals surface area contributed by atoms with Crippen molar-refractivity contribution in [1.82, 2.24) is 4.31 Å². The van der Waals surface area contributed by atoms with Gasteiger partial charge in [-0.1, -0.05) is 12.8 Å². The molecule has 0 unspecified atom stereocenters. The Bertz CT molecular complexity index is 601. The van der Waals surface area contributed by atoms with Crippen molar-refractivity contribution in [2.24, 2.45) is 0 Å². The van der Waals surface area contributed by atoms with E-state index in [2.05, 4.69) is 0 Å². The van der Waals surface area contributed by atoms with Crippen LogP contribution in [-0.2, 0) is 15.9 Å². The quantitative estimate of drug-likeness (QED) is 0.798. The first-order valence-corrected chi connectivity index (χ1v) is 8.37. The van der Waals surface area contributed by atoms with Crippen molar-refractivity contribution < 1.29 is 17.2 Å². The summed E-state index contributed by atoms with van der Waals surface area (Å²) >= 11 is 5.58. The van der Waals surface area contributed by atoms with E-state index in [0.29, 0.717) is 0 Å². The van der Waals surface area contributed by atoms with E-state index in [1.54, 1.807) is 0 Å². The molecule has 0 spiro atoms. The Morgan fingerprint density at radius 3 is 2.45 bits per heavy atom. The Morgan fingerprint density at radius 2 is 1.90 bits per heavy atom. The molecule has 1 aliphatic rings. The predicted octanol–water partition coefficient (Wildman–Crippen LogP) is 3.27. The minimum Gasteiger partial charge on any atom is -0.207 e. The van der Waals surface area contributed by atoms with E-state index in [9.17, 15) is 17.2 Å². The van der Waals surface area contributed by atoms with E-state index >= 15 is 0 Å². The molecule has 1 saturated carbocycles. The second kappa shape index (κ2) is 5.95. The van der Waals surface area contributed by atoms with E-state index in [0.717, 1.165) is 42.1 Å². The van der Waals surface area contributed by atoms with Crippen LogP contribution in [0.15, 0.2) is 17.0 Å². The zero-order valence-electron chi connectivity index (χ0n) is 11.1. The SMILES string of the molecule is CN(C1CCCC1)S(=O)(=O)c1cc(CCl)cc(F)c1F. The monoisotopic (exact) mass is 323 g/mol. The van der Waals surface area contributed by atoms with Gasteiger partial charge in [0.05, 0.1) is 0 Å². The van der Waals surface area contributed by atoms with Gasteiger partial charge in [-0.05, 0) is 30.5 Å². The van der Waals surface area contributed by atoms with Gasteiger partial charge in [-0.25, -0.2) is 17.2 Å². The lowest BCUT2D eigenvalue weighted by Crippen LogP contribution is -2.35. The first-order chi connectivity index (χ1) is 9.37. The Labute approximate surface area is 122 Å². The van der Waals surface area contributed by atoms with Crippen molar-refractivity contribution in [2.75, 3.05) is 7.05 Å². The summed E-state index contributed by atoms with van der Waals surface area (Å²) in [4.78, 5) is -0.637. The molecule has 0 amide bonds. The van der Waals surface area contributed by atoms with E-state index in [-0.39, 0.29) is 17.5 Å². The average Bonchev–Trinajstić information content (AvgIpc) is 2.94. The number of hydrogen-bond donors (Lipinski definition) is 0. The van der Waals surface area contributed by atoms with Gasteiger partial charge in [-0.15, -0.1) is 11.6 Å². The summed E-state index contributed by atoms with van der Waals surface area (Å²) in [6.07, 6.45) is 3.39. The highest BCUT2D eigenvalue weighted by molar-refractivity contribution is 7.89. The van der Waals surface area contributed by atoms with E-state index in [1.807, 2.05) is 0 Å². The Balaban J connectivity index is 2.45. The van der Waals surface area contributed by atoms with E-state index in [4.69, 9.17) is 11.6 Å². The van der Waals surface area contributed by atoms with Gasteiger partial charge in [-0.2, -0.15) is 4.31 Å². The minimum absolute atomic E-state index is 0.0765. The molecule has 2 rings (SSSR count). The maximum absolute atomic E-state index is 13.8. The van der Waals surface area contributed by atoms with Crippen molar-refractivity contribution >= 4 is 21.6 Å². The van der Waals surface area contributed by atoms with Crippen LogP contribution in [0.4, 0.5) is 8.78 Å². The van der Waals surface area contributed by atoms with Crippen LogP contribution in [0.3, 0.4) is 0 Å². The minimum atomic E-state index is -4.05. The third-order valence-corrected chi connectivity index (χ3v) is 5.92. The average molecular weight is 324 g/mol. The molecule has 1 aliphatic carbocycles. The summed E-state index contributed by atoms with van der Waals surface area (Å²) in [6.45, 7) is 0. The van der Waals surface area contributed by atoms with Crippen LogP contribution in [0.25, 0.3) is 0 Å². The standard InChI is InChI=1S/C13H16ClF2NO2S/c1-17(10-4-2-3-5-10)20(18,19)12-7-9(8-14)6-11(15)13(12)16/h6-7,10H,2-5,8H2,1H3. The molecular weight excluding hydrogens is 308 g/mol. The molecule has 0 bridgehead atoms. The number of rotatable bonds is 4. The highest BCUT2D eigenvalue weighted by Crippen LogP contribution is 2.29. The third kappa shape index (κ3) is 2.82. The molecule has 0 N–H and O–H groups in total. The highest BCUT2D eigenvalue weighted by atomic mass is 35.5. The molecule has 1 fully saturated rings. The first-order valence-electron chi connectivity index (χ1n) is 6.40. The molecule has 1 aromatic rings. The van der Waals surface area contributed by atoms with Crippen LogP contribution in [0.1, 0.15) is 31.2 Å². The molecule has 0 atom stereocenters. The van der Waals surface area contributed by atoms with Crippen LogP contribution in [-0.4, -0.2) is 25.8 Å². The summed E-state index contributed by atoms with van der Waals surface area (Å²) in [5, 5.41) is 0. The summed E-state index contributed by atoms with van der Waals surface area (Å²) in [5.74, 6) is -2.61. The van der Waals surface area contributed by atoms with Crippen LogP contribution < -0.4 is 0 Å². The molecule has 0 aliphatic heterocycles. The fourth-order valence-corrected chi connectivity index (χ4v) is 4.19. The first kappa shape index (κ1) is 15.7. The lowest BCUT2D eigenvalue weighted by Gasteiger charge is -2.24. The molecule has 0 aromatic heterocycles. The zero-order chi connectivity index (χ0) is 14.9. The van der Waals surface area contributed by atoms with Crippen LogP contribution in [0.2, 0.25) is 0 Å². The van der Waals surface area contributed by atoms with Crippen LogP contribution in [0, 0.1) is 11.6 Å². The number of nitrogens with zero attached hydrogens (tertiary/aromatic N) is 1. The largest absolute Gasteiger partial charge is 0.246 e. The summed E-state index contributed by atoms with van der Waals surface area (Å²) in [7, 11) is -2.64. The van der Waals surface area contributed by atoms with Gasteiger partial charge in [-0.3, -0.25) is 0 Å². The normalized spacial score (nSPS) is 17.1. The predicted molar refractivity (Wildman–Crippen MR) is 73.1 cm³/mol. The van der Waals surface area contributed by atoms with Gasteiger partial charge >= 0.3 is 0 Å². The molecule has 7 heteroatoms. The van der Waals surface area contributed by atoms with Crippen molar-refractivity contribution in [3.05, 3.63) is 29.3 Å². The second-order valence-electron chi connectivity index (χ2n) is 4.98. The number of alkyl halides is 1. The van der Waals surface area contributed by atoms with Crippen molar-refractivity contribution in [2.45, 2.75) is 42.5 Å². The van der Waals surface area contributed by atoms with Crippen molar-refractivity contribution in [1.29, 1.82) is 0 Å². The smallest absolute Gasteiger partial charge is 0.207 e. The molecule has 0 saturated heterocycles. The highest BCUT2D eigenvalue weighted by Gasteiger charge is 2.33. The van der Waals surface area contributed by atoms with Gasteiger partial charge in [0, 0.05) is 19.0 Å². The van der Waals surface area contributed by atoms with Crippen molar-refractivity contribution in [3.8, 4) is 0 Å².